The summed E-state index contributed by atoms with van der Waals surface area (Å²) in [6.45, 7) is 2.03. The number of carbonyl (C=O) groups excluding carboxylic acids is 1. The minimum Gasteiger partial charge on any atom is -0.353 e. The van der Waals surface area contributed by atoms with Crippen molar-refractivity contribution in [3.8, 4) is 11.4 Å². The Morgan fingerprint density at radius 3 is 2.68 bits per heavy atom. The number of hydrogen-bond donors (Lipinski definition) is 1. The molecule has 22 heavy (non-hydrogen) atoms. The van der Waals surface area contributed by atoms with Crippen LogP contribution in [0.15, 0.2) is 28.8 Å². The fourth-order valence-corrected chi connectivity index (χ4v) is 2.81. The Balaban J connectivity index is 1.59. The molecular formula is C17H21N3O2. The minimum atomic E-state index is -0.0361. The van der Waals surface area contributed by atoms with Crippen molar-refractivity contribution in [3.05, 3.63) is 35.7 Å². The standard InChI is InChI=1S/C17H21N3O2/c1-12-7-9-13(10-8-12)17-19-16(22-20-17)11-15(21)18-14-5-3-2-4-6-14/h7-10,14H,2-6,11H2,1H3,(H,18,21). The topological polar surface area (TPSA) is 68.0 Å². The van der Waals surface area contributed by atoms with Gasteiger partial charge in [-0.3, -0.25) is 4.79 Å². The Kier molecular flexibility index (Phi) is 4.51. The van der Waals surface area contributed by atoms with Gasteiger partial charge in [-0.2, -0.15) is 4.98 Å². The molecule has 1 fully saturated rings. The van der Waals surface area contributed by atoms with Crippen LogP contribution >= 0.6 is 0 Å². The average molecular weight is 299 g/mol. The number of aromatic nitrogens is 2. The van der Waals surface area contributed by atoms with Gasteiger partial charge in [-0.05, 0) is 19.8 Å². The number of nitrogens with one attached hydrogen (secondary N) is 1. The molecule has 0 atom stereocenters. The van der Waals surface area contributed by atoms with E-state index in [0.29, 0.717) is 17.8 Å². The van der Waals surface area contributed by atoms with E-state index in [1.54, 1.807) is 0 Å². The summed E-state index contributed by atoms with van der Waals surface area (Å²) in [6, 6.07) is 8.21. The van der Waals surface area contributed by atoms with Crippen LogP contribution in [0, 0.1) is 6.92 Å². The molecule has 116 valence electrons. The van der Waals surface area contributed by atoms with Crippen LogP contribution in [0.25, 0.3) is 11.4 Å². The molecule has 0 spiro atoms. The number of nitrogens with zero attached hydrogens (tertiary/aromatic N) is 2. The molecule has 1 amide bonds. The van der Waals surface area contributed by atoms with Gasteiger partial charge in [-0.25, -0.2) is 0 Å². The molecule has 0 saturated heterocycles. The van der Waals surface area contributed by atoms with E-state index in [2.05, 4.69) is 15.5 Å². The predicted octanol–water partition coefficient (Wildman–Crippen LogP) is 3.04. The Labute approximate surface area is 130 Å². The molecule has 2 aromatic rings. The molecule has 3 rings (SSSR count). The van der Waals surface area contributed by atoms with E-state index in [1.165, 1.54) is 24.8 Å². The van der Waals surface area contributed by atoms with Crippen molar-refractivity contribution in [3.63, 3.8) is 0 Å². The quantitative estimate of drug-likeness (QED) is 0.942. The first-order valence-electron chi connectivity index (χ1n) is 7.90. The fourth-order valence-electron chi connectivity index (χ4n) is 2.81. The molecule has 1 saturated carbocycles. The Bertz CT molecular complexity index is 628. The lowest BCUT2D eigenvalue weighted by Crippen LogP contribution is -2.37. The first kappa shape index (κ1) is 14.8. The second kappa shape index (κ2) is 6.73. The second-order valence-electron chi connectivity index (χ2n) is 5.96. The van der Waals surface area contributed by atoms with Crippen molar-refractivity contribution in [2.45, 2.75) is 51.5 Å². The van der Waals surface area contributed by atoms with E-state index < -0.39 is 0 Å². The lowest BCUT2D eigenvalue weighted by molar-refractivity contribution is -0.121. The largest absolute Gasteiger partial charge is 0.353 e. The zero-order chi connectivity index (χ0) is 15.4. The zero-order valence-electron chi connectivity index (χ0n) is 12.8. The van der Waals surface area contributed by atoms with E-state index in [-0.39, 0.29) is 12.3 Å². The molecule has 1 aromatic carbocycles. The van der Waals surface area contributed by atoms with Gasteiger partial charge >= 0.3 is 0 Å². The maximum atomic E-state index is 12.0. The summed E-state index contributed by atoms with van der Waals surface area (Å²) in [7, 11) is 0. The van der Waals surface area contributed by atoms with Gasteiger partial charge in [0, 0.05) is 11.6 Å². The fraction of sp³-hybridized carbons (Fsp3) is 0.471. The third-order valence-electron chi connectivity index (χ3n) is 4.06. The van der Waals surface area contributed by atoms with E-state index in [0.717, 1.165) is 18.4 Å². The van der Waals surface area contributed by atoms with Crippen molar-refractivity contribution in [2.24, 2.45) is 0 Å². The monoisotopic (exact) mass is 299 g/mol. The molecule has 0 unspecified atom stereocenters. The summed E-state index contributed by atoms with van der Waals surface area (Å²) in [5.41, 5.74) is 2.08. The first-order chi connectivity index (χ1) is 10.7. The van der Waals surface area contributed by atoms with Crippen LogP contribution in [0.2, 0.25) is 0 Å². The number of rotatable bonds is 4. The van der Waals surface area contributed by atoms with Crippen LogP contribution in [-0.2, 0) is 11.2 Å². The van der Waals surface area contributed by atoms with Crippen molar-refractivity contribution in [1.29, 1.82) is 0 Å². The summed E-state index contributed by atoms with van der Waals surface area (Å²) in [6.07, 6.45) is 5.96. The highest BCUT2D eigenvalue weighted by molar-refractivity contribution is 5.78. The Morgan fingerprint density at radius 2 is 1.95 bits per heavy atom. The highest BCUT2D eigenvalue weighted by Gasteiger charge is 2.18. The van der Waals surface area contributed by atoms with Gasteiger partial charge in [0.1, 0.15) is 6.42 Å². The van der Waals surface area contributed by atoms with Crippen LogP contribution in [0.1, 0.15) is 43.6 Å². The molecule has 1 aromatic heterocycles. The number of carbonyl (C=O) groups is 1. The van der Waals surface area contributed by atoms with Crippen LogP contribution in [-0.4, -0.2) is 22.1 Å². The number of amides is 1. The Morgan fingerprint density at radius 1 is 1.23 bits per heavy atom. The van der Waals surface area contributed by atoms with Crippen LogP contribution in [0.3, 0.4) is 0 Å². The van der Waals surface area contributed by atoms with Gasteiger partial charge in [0.25, 0.3) is 0 Å². The van der Waals surface area contributed by atoms with E-state index in [9.17, 15) is 4.79 Å². The minimum absolute atomic E-state index is 0.0361. The van der Waals surface area contributed by atoms with Crippen LogP contribution < -0.4 is 5.32 Å². The molecule has 1 heterocycles. The number of aryl methyl sites for hydroxylation is 1. The summed E-state index contributed by atoms with van der Waals surface area (Å²) in [4.78, 5) is 16.3. The molecule has 5 nitrogen and oxygen atoms in total. The van der Waals surface area contributed by atoms with Gasteiger partial charge in [0.2, 0.25) is 17.6 Å². The molecule has 5 heteroatoms. The van der Waals surface area contributed by atoms with E-state index in [1.807, 2.05) is 31.2 Å². The Hall–Kier alpha value is -2.17. The lowest BCUT2D eigenvalue weighted by Gasteiger charge is -2.22. The van der Waals surface area contributed by atoms with Crippen molar-refractivity contribution >= 4 is 5.91 Å². The van der Waals surface area contributed by atoms with E-state index in [4.69, 9.17) is 4.52 Å². The molecular weight excluding hydrogens is 278 g/mol. The molecule has 1 aliphatic carbocycles. The van der Waals surface area contributed by atoms with Gasteiger partial charge in [0.05, 0.1) is 0 Å². The SMILES string of the molecule is Cc1ccc(-c2noc(CC(=O)NC3CCCCC3)n2)cc1. The van der Waals surface area contributed by atoms with Crippen LogP contribution in [0.5, 0.6) is 0 Å². The lowest BCUT2D eigenvalue weighted by atomic mass is 9.95. The van der Waals surface area contributed by atoms with Crippen LogP contribution in [0.4, 0.5) is 0 Å². The maximum absolute atomic E-state index is 12.0. The summed E-state index contributed by atoms with van der Waals surface area (Å²) >= 11 is 0. The normalized spacial score (nSPS) is 15.7. The summed E-state index contributed by atoms with van der Waals surface area (Å²) in [5.74, 6) is 0.857. The molecule has 1 N–H and O–H groups in total. The highest BCUT2D eigenvalue weighted by atomic mass is 16.5. The van der Waals surface area contributed by atoms with Crippen molar-refractivity contribution in [2.75, 3.05) is 0 Å². The predicted molar refractivity (Wildman–Crippen MR) is 83.2 cm³/mol. The first-order valence-corrected chi connectivity index (χ1v) is 7.90. The molecule has 0 radical (unpaired) electrons. The third kappa shape index (κ3) is 3.72. The molecule has 0 bridgehead atoms. The second-order valence-corrected chi connectivity index (χ2v) is 5.96. The number of benzene rings is 1. The highest BCUT2D eigenvalue weighted by Crippen LogP contribution is 2.18. The zero-order valence-corrected chi connectivity index (χ0v) is 12.8. The molecule has 0 aliphatic heterocycles. The average Bonchev–Trinajstić information content (AvgIpc) is 2.97. The smallest absolute Gasteiger partial charge is 0.236 e. The number of hydrogen-bond acceptors (Lipinski definition) is 4. The van der Waals surface area contributed by atoms with E-state index >= 15 is 0 Å². The van der Waals surface area contributed by atoms with Crippen molar-refractivity contribution in [1.82, 2.24) is 15.5 Å². The van der Waals surface area contributed by atoms with Gasteiger partial charge in [-0.1, -0.05) is 54.2 Å². The van der Waals surface area contributed by atoms with Crippen molar-refractivity contribution < 1.29 is 9.32 Å². The van der Waals surface area contributed by atoms with Gasteiger partial charge in [-0.15, -0.1) is 0 Å². The summed E-state index contributed by atoms with van der Waals surface area (Å²) in [5, 5.41) is 7.01. The third-order valence-corrected chi connectivity index (χ3v) is 4.06. The van der Waals surface area contributed by atoms with Gasteiger partial charge in [0.15, 0.2) is 0 Å². The maximum Gasteiger partial charge on any atom is 0.236 e. The molecule has 1 aliphatic rings. The summed E-state index contributed by atoms with van der Waals surface area (Å²) < 4.78 is 5.19. The van der Waals surface area contributed by atoms with Gasteiger partial charge < -0.3 is 9.84 Å².